The fourth-order valence-electron chi connectivity index (χ4n) is 1.95. The van der Waals surface area contributed by atoms with E-state index in [4.69, 9.17) is 0 Å². The molecule has 0 radical (unpaired) electrons. The molecule has 0 aromatic heterocycles. The Balaban J connectivity index is 2.20. The molecule has 5 heteroatoms. The molecular weight excluding hydrogens is 296 g/mol. The molecule has 2 rings (SSSR count). The van der Waals surface area contributed by atoms with Gasteiger partial charge in [-0.25, -0.2) is 4.79 Å². The molecular formula is C13H15BrN2O2. The van der Waals surface area contributed by atoms with Gasteiger partial charge in [0, 0.05) is 4.47 Å². The molecule has 0 aliphatic carbocycles. The predicted molar refractivity (Wildman–Crippen MR) is 71.9 cm³/mol. The van der Waals surface area contributed by atoms with Crippen molar-refractivity contribution in [3.05, 3.63) is 34.3 Å². The van der Waals surface area contributed by atoms with E-state index in [-0.39, 0.29) is 11.9 Å². The highest BCUT2D eigenvalue weighted by Gasteiger charge is 2.46. The van der Waals surface area contributed by atoms with E-state index in [1.807, 2.05) is 31.2 Å². The van der Waals surface area contributed by atoms with Gasteiger partial charge >= 0.3 is 6.03 Å². The van der Waals surface area contributed by atoms with Gasteiger partial charge in [0.15, 0.2) is 0 Å². The maximum Gasteiger partial charge on any atom is 0.325 e. The van der Waals surface area contributed by atoms with Crippen LogP contribution in [0.4, 0.5) is 4.79 Å². The second-order valence-electron chi connectivity index (χ2n) is 4.64. The molecule has 96 valence electrons. The Bertz CT molecular complexity index is 504. The van der Waals surface area contributed by atoms with E-state index in [1.165, 1.54) is 4.90 Å². The van der Waals surface area contributed by atoms with Crippen LogP contribution in [0.5, 0.6) is 0 Å². The fraction of sp³-hybridized carbons (Fsp3) is 0.385. The molecule has 4 nitrogen and oxygen atoms in total. The van der Waals surface area contributed by atoms with Gasteiger partial charge in [0.1, 0.15) is 5.54 Å². The SMILES string of the molecule is CCC1(C)NC(=O)N(Cc2cccc(Br)c2)C1=O. The number of nitrogens with one attached hydrogen (secondary N) is 1. The van der Waals surface area contributed by atoms with Gasteiger partial charge in [-0.05, 0) is 31.0 Å². The molecule has 1 heterocycles. The zero-order chi connectivity index (χ0) is 13.3. The smallest absolute Gasteiger partial charge is 0.323 e. The highest BCUT2D eigenvalue weighted by atomic mass is 79.9. The van der Waals surface area contributed by atoms with Gasteiger partial charge in [-0.1, -0.05) is 35.0 Å². The number of hydrogen-bond donors (Lipinski definition) is 1. The first-order chi connectivity index (χ1) is 8.46. The normalized spacial score (nSPS) is 23.4. The highest BCUT2D eigenvalue weighted by molar-refractivity contribution is 9.10. The van der Waals surface area contributed by atoms with Crippen molar-refractivity contribution in [2.24, 2.45) is 0 Å². The Kier molecular flexibility index (Phi) is 3.43. The Morgan fingerprint density at radius 3 is 2.67 bits per heavy atom. The number of rotatable bonds is 3. The molecule has 18 heavy (non-hydrogen) atoms. The van der Waals surface area contributed by atoms with Crippen LogP contribution in [0.1, 0.15) is 25.8 Å². The summed E-state index contributed by atoms with van der Waals surface area (Å²) >= 11 is 3.37. The Labute approximate surface area is 114 Å². The number of carbonyl (C=O) groups excluding carboxylic acids is 2. The van der Waals surface area contributed by atoms with Crippen molar-refractivity contribution in [1.82, 2.24) is 10.2 Å². The van der Waals surface area contributed by atoms with Crippen molar-refractivity contribution < 1.29 is 9.59 Å². The van der Waals surface area contributed by atoms with Crippen LogP contribution < -0.4 is 5.32 Å². The first kappa shape index (κ1) is 13.1. The van der Waals surface area contributed by atoms with Gasteiger partial charge in [0.05, 0.1) is 6.54 Å². The molecule has 1 atom stereocenters. The second-order valence-corrected chi connectivity index (χ2v) is 5.55. The molecule has 1 unspecified atom stereocenters. The summed E-state index contributed by atoms with van der Waals surface area (Å²) in [4.78, 5) is 25.3. The van der Waals surface area contributed by atoms with Crippen LogP contribution in [0.3, 0.4) is 0 Å². The van der Waals surface area contributed by atoms with Crippen LogP contribution in [0.15, 0.2) is 28.7 Å². The molecule has 1 fully saturated rings. The van der Waals surface area contributed by atoms with E-state index in [1.54, 1.807) is 6.92 Å². The number of imide groups is 1. The van der Waals surface area contributed by atoms with E-state index < -0.39 is 5.54 Å². The maximum atomic E-state index is 12.2. The molecule has 1 aliphatic rings. The zero-order valence-corrected chi connectivity index (χ0v) is 12.0. The van der Waals surface area contributed by atoms with E-state index >= 15 is 0 Å². The number of urea groups is 1. The molecule has 1 aromatic carbocycles. The van der Waals surface area contributed by atoms with Gasteiger partial charge in [-0.15, -0.1) is 0 Å². The molecule has 3 amide bonds. The third-order valence-electron chi connectivity index (χ3n) is 3.28. The summed E-state index contributed by atoms with van der Waals surface area (Å²) in [5.41, 5.74) is 0.163. The maximum absolute atomic E-state index is 12.2. The second kappa shape index (κ2) is 4.72. The van der Waals surface area contributed by atoms with Gasteiger partial charge in [0.25, 0.3) is 5.91 Å². The lowest BCUT2D eigenvalue weighted by atomic mass is 9.99. The Morgan fingerprint density at radius 1 is 1.39 bits per heavy atom. The summed E-state index contributed by atoms with van der Waals surface area (Å²) in [5, 5.41) is 2.74. The van der Waals surface area contributed by atoms with Crippen LogP contribution in [-0.2, 0) is 11.3 Å². The van der Waals surface area contributed by atoms with E-state index in [0.717, 1.165) is 10.0 Å². The van der Waals surface area contributed by atoms with Crippen LogP contribution in [0.25, 0.3) is 0 Å². The first-order valence-electron chi connectivity index (χ1n) is 5.85. The summed E-state index contributed by atoms with van der Waals surface area (Å²) < 4.78 is 0.935. The summed E-state index contributed by atoms with van der Waals surface area (Å²) in [7, 11) is 0. The molecule has 1 aromatic rings. The molecule has 0 saturated carbocycles. The highest BCUT2D eigenvalue weighted by Crippen LogP contribution is 2.23. The van der Waals surface area contributed by atoms with Crippen molar-refractivity contribution in [2.75, 3.05) is 0 Å². The van der Waals surface area contributed by atoms with Gasteiger partial charge < -0.3 is 5.32 Å². The van der Waals surface area contributed by atoms with Gasteiger partial charge in [-0.3, -0.25) is 9.69 Å². The molecule has 0 spiro atoms. The zero-order valence-electron chi connectivity index (χ0n) is 10.4. The van der Waals surface area contributed by atoms with Gasteiger partial charge in [0.2, 0.25) is 0 Å². The summed E-state index contributed by atoms with van der Waals surface area (Å²) in [6.45, 7) is 3.95. The minimum atomic E-state index is -0.761. The van der Waals surface area contributed by atoms with E-state index in [2.05, 4.69) is 21.2 Å². The van der Waals surface area contributed by atoms with Crippen LogP contribution in [0.2, 0.25) is 0 Å². The lowest BCUT2D eigenvalue weighted by Crippen LogP contribution is -2.43. The molecule has 1 N–H and O–H groups in total. The average molecular weight is 311 g/mol. The van der Waals surface area contributed by atoms with Crippen molar-refractivity contribution in [1.29, 1.82) is 0 Å². The number of amides is 3. The Hall–Kier alpha value is -1.36. The van der Waals surface area contributed by atoms with E-state index in [9.17, 15) is 9.59 Å². The minimum absolute atomic E-state index is 0.157. The van der Waals surface area contributed by atoms with Crippen molar-refractivity contribution in [3.63, 3.8) is 0 Å². The Morgan fingerprint density at radius 2 is 2.11 bits per heavy atom. The van der Waals surface area contributed by atoms with Crippen LogP contribution in [-0.4, -0.2) is 22.4 Å². The monoisotopic (exact) mass is 310 g/mol. The lowest BCUT2D eigenvalue weighted by Gasteiger charge is -2.19. The third-order valence-corrected chi connectivity index (χ3v) is 3.78. The topological polar surface area (TPSA) is 49.4 Å². The summed E-state index contributed by atoms with van der Waals surface area (Å²) in [6, 6.07) is 7.28. The van der Waals surface area contributed by atoms with Crippen molar-refractivity contribution in [2.45, 2.75) is 32.4 Å². The van der Waals surface area contributed by atoms with Crippen molar-refractivity contribution in [3.8, 4) is 0 Å². The van der Waals surface area contributed by atoms with E-state index in [0.29, 0.717) is 13.0 Å². The largest absolute Gasteiger partial charge is 0.325 e. The predicted octanol–water partition coefficient (Wildman–Crippen LogP) is 2.67. The standard InChI is InChI=1S/C13H15BrN2O2/c1-3-13(2)11(17)16(12(18)15-13)8-9-5-4-6-10(14)7-9/h4-7H,3,8H2,1-2H3,(H,15,18). The van der Waals surface area contributed by atoms with Crippen LogP contribution >= 0.6 is 15.9 Å². The average Bonchev–Trinajstić information content (AvgIpc) is 2.54. The molecule has 0 bridgehead atoms. The quantitative estimate of drug-likeness (QED) is 0.873. The lowest BCUT2D eigenvalue weighted by molar-refractivity contribution is -0.131. The van der Waals surface area contributed by atoms with Gasteiger partial charge in [-0.2, -0.15) is 0 Å². The fourth-order valence-corrected chi connectivity index (χ4v) is 2.39. The first-order valence-corrected chi connectivity index (χ1v) is 6.64. The summed E-state index contributed by atoms with van der Waals surface area (Å²) in [5.74, 6) is -0.157. The minimum Gasteiger partial charge on any atom is -0.323 e. The number of benzene rings is 1. The number of hydrogen-bond acceptors (Lipinski definition) is 2. The number of carbonyl (C=O) groups is 2. The third kappa shape index (κ3) is 2.27. The number of halogens is 1. The molecule has 1 saturated heterocycles. The molecule has 1 aliphatic heterocycles. The van der Waals surface area contributed by atoms with Crippen molar-refractivity contribution >= 4 is 27.9 Å². The number of nitrogens with zero attached hydrogens (tertiary/aromatic N) is 1. The van der Waals surface area contributed by atoms with Crippen LogP contribution in [0, 0.1) is 0 Å². The summed E-state index contributed by atoms with van der Waals surface area (Å²) in [6.07, 6.45) is 0.590.